The van der Waals surface area contributed by atoms with Crippen LogP contribution in [-0.4, -0.2) is 23.9 Å². The molecule has 0 spiro atoms. The number of amides is 2. The van der Waals surface area contributed by atoms with Crippen molar-refractivity contribution in [1.29, 1.82) is 0 Å². The molecular formula is C16H15N5O3. The van der Waals surface area contributed by atoms with Gasteiger partial charge in [0.2, 0.25) is 11.0 Å². The summed E-state index contributed by atoms with van der Waals surface area (Å²) in [6.07, 6.45) is 2.20. The molecule has 3 rings (SSSR count). The number of rotatable bonds is 5. The Morgan fingerprint density at radius 1 is 1.29 bits per heavy atom. The highest BCUT2D eigenvalue weighted by Gasteiger charge is 2.08. The number of nitrogens with zero attached hydrogens (tertiary/aromatic N) is 3. The summed E-state index contributed by atoms with van der Waals surface area (Å²) in [5.41, 5.74) is 4.96. The molecule has 0 saturated heterocycles. The molecule has 0 atom stereocenters. The molecule has 2 aromatic carbocycles. The van der Waals surface area contributed by atoms with Crippen LogP contribution in [-0.2, 0) is 6.42 Å². The number of fused-ring (bicyclic) bond motifs is 1. The van der Waals surface area contributed by atoms with E-state index in [2.05, 4.69) is 25.6 Å². The molecule has 0 aliphatic heterocycles. The Balaban J connectivity index is 1.47. The SMILES string of the molecule is O=C(NCCc1ccccc1)N/N=C/c1ccc2c(c1)no[n+]2[O-]. The molecule has 0 aliphatic rings. The molecule has 0 bridgehead atoms. The number of nitrogens with one attached hydrogen (secondary N) is 2. The highest BCUT2D eigenvalue weighted by Crippen LogP contribution is 2.08. The third kappa shape index (κ3) is 3.86. The Kier molecular flexibility index (Phi) is 4.66. The number of urea groups is 1. The second-order valence-corrected chi connectivity index (χ2v) is 5.04. The van der Waals surface area contributed by atoms with Crippen molar-refractivity contribution in [1.82, 2.24) is 15.9 Å². The fourth-order valence-electron chi connectivity index (χ4n) is 2.14. The maximum atomic E-state index is 11.6. The molecule has 0 aliphatic carbocycles. The number of hydrogen-bond acceptors (Lipinski definition) is 5. The zero-order chi connectivity index (χ0) is 16.8. The minimum Gasteiger partial charge on any atom is -0.359 e. The van der Waals surface area contributed by atoms with Crippen LogP contribution in [0.5, 0.6) is 0 Å². The van der Waals surface area contributed by atoms with Crippen molar-refractivity contribution in [2.75, 3.05) is 6.54 Å². The van der Waals surface area contributed by atoms with Crippen molar-refractivity contribution in [3.8, 4) is 0 Å². The number of hydrogen-bond donors (Lipinski definition) is 2. The van der Waals surface area contributed by atoms with Crippen molar-refractivity contribution in [2.45, 2.75) is 6.42 Å². The third-order valence-electron chi connectivity index (χ3n) is 3.33. The molecule has 0 unspecified atom stereocenters. The molecular weight excluding hydrogens is 310 g/mol. The normalized spacial score (nSPS) is 11.0. The van der Waals surface area contributed by atoms with Crippen LogP contribution in [0.2, 0.25) is 0 Å². The van der Waals surface area contributed by atoms with Gasteiger partial charge >= 0.3 is 6.03 Å². The van der Waals surface area contributed by atoms with Crippen LogP contribution in [0.3, 0.4) is 0 Å². The highest BCUT2D eigenvalue weighted by atomic mass is 16.8. The van der Waals surface area contributed by atoms with Crippen LogP contribution >= 0.6 is 0 Å². The third-order valence-corrected chi connectivity index (χ3v) is 3.33. The predicted molar refractivity (Wildman–Crippen MR) is 87.2 cm³/mol. The van der Waals surface area contributed by atoms with E-state index in [0.717, 1.165) is 12.0 Å². The first kappa shape index (κ1) is 15.5. The van der Waals surface area contributed by atoms with Crippen LogP contribution in [0.1, 0.15) is 11.1 Å². The van der Waals surface area contributed by atoms with Gasteiger partial charge in [-0.1, -0.05) is 30.3 Å². The van der Waals surface area contributed by atoms with Crippen molar-refractivity contribution in [3.63, 3.8) is 0 Å². The lowest BCUT2D eigenvalue weighted by Crippen LogP contribution is -2.33. The second-order valence-electron chi connectivity index (χ2n) is 5.04. The van der Waals surface area contributed by atoms with E-state index in [1.807, 2.05) is 30.3 Å². The van der Waals surface area contributed by atoms with E-state index < -0.39 is 0 Å². The van der Waals surface area contributed by atoms with Gasteiger partial charge in [-0.2, -0.15) is 5.10 Å². The van der Waals surface area contributed by atoms with Gasteiger partial charge in [-0.25, -0.2) is 10.2 Å². The number of aromatic nitrogens is 2. The summed E-state index contributed by atoms with van der Waals surface area (Å²) in [5, 5.41) is 21.4. The van der Waals surface area contributed by atoms with Crippen LogP contribution in [0, 0.1) is 5.21 Å². The van der Waals surface area contributed by atoms with E-state index in [9.17, 15) is 10.0 Å². The first-order valence-electron chi connectivity index (χ1n) is 7.33. The highest BCUT2D eigenvalue weighted by molar-refractivity contribution is 5.86. The Hall–Kier alpha value is -3.42. The summed E-state index contributed by atoms with van der Waals surface area (Å²) in [4.78, 5) is 12.0. The molecule has 24 heavy (non-hydrogen) atoms. The van der Waals surface area contributed by atoms with Gasteiger partial charge in [-0.3, -0.25) is 4.63 Å². The minimum absolute atomic E-state index is 0.328. The standard InChI is InChI=1S/C16H15N5O3/c22-16(17-9-8-12-4-2-1-3-5-12)19-18-11-13-6-7-15-14(10-13)20-24-21(15)23/h1-7,10-11H,8-9H2,(H2,17,19,22)/b18-11+. The Labute approximate surface area is 137 Å². The number of carbonyl (C=O) groups excluding carboxylic acids is 1. The van der Waals surface area contributed by atoms with E-state index in [1.165, 1.54) is 6.21 Å². The Morgan fingerprint density at radius 3 is 2.96 bits per heavy atom. The van der Waals surface area contributed by atoms with E-state index in [-0.39, 0.29) is 6.03 Å². The number of hydrazone groups is 1. The van der Waals surface area contributed by atoms with E-state index in [4.69, 9.17) is 0 Å². The molecule has 2 N–H and O–H groups in total. The van der Waals surface area contributed by atoms with Crippen molar-refractivity contribution < 1.29 is 14.3 Å². The van der Waals surface area contributed by atoms with Crippen molar-refractivity contribution in [3.05, 3.63) is 64.9 Å². The number of benzene rings is 2. The second kappa shape index (κ2) is 7.23. The average Bonchev–Trinajstić information content (AvgIpc) is 2.96. The molecule has 1 heterocycles. The summed E-state index contributed by atoms with van der Waals surface area (Å²) in [6, 6.07) is 14.4. The topological polar surface area (TPSA) is 106 Å². The van der Waals surface area contributed by atoms with Crippen molar-refractivity contribution in [2.24, 2.45) is 5.10 Å². The number of carbonyl (C=O) groups is 1. The maximum absolute atomic E-state index is 11.6. The molecule has 8 nitrogen and oxygen atoms in total. The maximum Gasteiger partial charge on any atom is 0.335 e. The molecule has 0 fully saturated rings. The summed E-state index contributed by atoms with van der Waals surface area (Å²) in [5.74, 6) is 0. The fourth-order valence-corrected chi connectivity index (χ4v) is 2.14. The van der Waals surface area contributed by atoms with Gasteiger partial charge in [-0.05, 0) is 34.6 Å². The lowest BCUT2D eigenvalue weighted by molar-refractivity contribution is -0.782. The first-order valence-corrected chi connectivity index (χ1v) is 7.33. The summed E-state index contributed by atoms with van der Waals surface area (Å²) < 4.78 is 4.48. The molecule has 3 aromatic rings. The van der Waals surface area contributed by atoms with Gasteiger partial charge in [0.1, 0.15) is 0 Å². The molecule has 1 aromatic heterocycles. The lowest BCUT2D eigenvalue weighted by atomic mass is 10.1. The molecule has 0 radical (unpaired) electrons. The zero-order valence-corrected chi connectivity index (χ0v) is 12.7. The van der Waals surface area contributed by atoms with Crippen LogP contribution < -0.4 is 15.6 Å². The van der Waals surface area contributed by atoms with Gasteiger partial charge < -0.3 is 10.5 Å². The molecule has 0 saturated carbocycles. The monoisotopic (exact) mass is 325 g/mol. The van der Waals surface area contributed by atoms with Gasteiger partial charge in [0.25, 0.3) is 0 Å². The van der Waals surface area contributed by atoms with Crippen LogP contribution in [0.25, 0.3) is 11.0 Å². The quantitative estimate of drug-likeness (QED) is 0.419. The van der Waals surface area contributed by atoms with Gasteiger partial charge in [-0.15, -0.1) is 0 Å². The predicted octanol–water partition coefficient (Wildman–Crippen LogP) is 1.34. The molecule has 8 heteroatoms. The summed E-state index contributed by atoms with van der Waals surface area (Å²) >= 11 is 0. The summed E-state index contributed by atoms with van der Waals surface area (Å²) in [7, 11) is 0. The molecule has 2 amide bonds. The van der Waals surface area contributed by atoms with E-state index in [0.29, 0.717) is 28.0 Å². The zero-order valence-electron chi connectivity index (χ0n) is 12.7. The van der Waals surface area contributed by atoms with Crippen molar-refractivity contribution >= 4 is 23.3 Å². The minimum atomic E-state index is -0.387. The lowest BCUT2D eigenvalue weighted by Gasteiger charge is -2.04. The van der Waals surface area contributed by atoms with Gasteiger partial charge in [0.05, 0.1) is 6.21 Å². The van der Waals surface area contributed by atoms with Gasteiger partial charge in [0, 0.05) is 17.8 Å². The summed E-state index contributed by atoms with van der Waals surface area (Å²) in [6.45, 7) is 0.514. The molecule has 122 valence electrons. The van der Waals surface area contributed by atoms with E-state index >= 15 is 0 Å². The Bertz CT molecular complexity index is 861. The first-order chi connectivity index (χ1) is 11.7. The van der Waals surface area contributed by atoms with Crippen LogP contribution in [0.4, 0.5) is 4.79 Å². The Morgan fingerprint density at radius 2 is 2.12 bits per heavy atom. The smallest absolute Gasteiger partial charge is 0.335 e. The van der Waals surface area contributed by atoms with Gasteiger partial charge in [0.15, 0.2) is 0 Å². The fraction of sp³-hybridized carbons (Fsp3) is 0.125. The average molecular weight is 325 g/mol. The van der Waals surface area contributed by atoms with Crippen LogP contribution in [0.15, 0.2) is 58.3 Å². The van der Waals surface area contributed by atoms with E-state index in [1.54, 1.807) is 18.2 Å². The largest absolute Gasteiger partial charge is 0.359 e.